The standard InChI is InChI=1S/C8H5FN2O2/c9-5-1-6(3-8(12)13)11-7(2-5)4-10/h1-2H,3H2,(H,12,13). The van der Waals surface area contributed by atoms with Gasteiger partial charge in [0, 0.05) is 6.07 Å². The fourth-order valence-corrected chi connectivity index (χ4v) is 0.853. The zero-order valence-electron chi connectivity index (χ0n) is 6.49. The summed E-state index contributed by atoms with van der Waals surface area (Å²) in [7, 11) is 0. The van der Waals surface area contributed by atoms with Crippen molar-refractivity contribution in [2.24, 2.45) is 0 Å². The third-order valence-corrected chi connectivity index (χ3v) is 1.29. The van der Waals surface area contributed by atoms with E-state index in [0.29, 0.717) is 0 Å². The Balaban J connectivity index is 3.03. The Hall–Kier alpha value is -1.96. The summed E-state index contributed by atoms with van der Waals surface area (Å²) in [6.45, 7) is 0. The van der Waals surface area contributed by atoms with Gasteiger partial charge in [-0.15, -0.1) is 0 Å². The summed E-state index contributed by atoms with van der Waals surface area (Å²) in [5.41, 5.74) is -0.0692. The van der Waals surface area contributed by atoms with Crippen LogP contribution >= 0.6 is 0 Å². The fourth-order valence-electron chi connectivity index (χ4n) is 0.853. The Morgan fingerprint density at radius 2 is 2.38 bits per heavy atom. The molecule has 0 bridgehead atoms. The van der Waals surface area contributed by atoms with Crippen molar-refractivity contribution >= 4 is 5.97 Å². The van der Waals surface area contributed by atoms with Crippen molar-refractivity contribution in [2.45, 2.75) is 6.42 Å². The van der Waals surface area contributed by atoms with E-state index in [1.165, 1.54) is 0 Å². The molecule has 1 aromatic rings. The van der Waals surface area contributed by atoms with Crippen LogP contribution in [0.1, 0.15) is 11.4 Å². The number of halogens is 1. The topological polar surface area (TPSA) is 74.0 Å². The van der Waals surface area contributed by atoms with Crippen LogP contribution in [-0.2, 0) is 11.2 Å². The first-order valence-electron chi connectivity index (χ1n) is 3.40. The van der Waals surface area contributed by atoms with Gasteiger partial charge in [0.1, 0.15) is 17.6 Å². The highest BCUT2D eigenvalue weighted by Gasteiger charge is 2.05. The van der Waals surface area contributed by atoms with Crippen molar-refractivity contribution in [3.63, 3.8) is 0 Å². The second-order valence-electron chi connectivity index (χ2n) is 2.34. The maximum Gasteiger partial charge on any atom is 0.309 e. The molecule has 0 fully saturated rings. The quantitative estimate of drug-likeness (QED) is 0.727. The van der Waals surface area contributed by atoms with Gasteiger partial charge in [-0.2, -0.15) is 5.26 Å². The van der Waals surface area contributed by atoms with Gasteiger partial charge in [0.05, 0.1) is 12.1 Å². The van der Waals surface area contributed by atoms with E-state index in [2.05, 4.69) is 4.98 Å². The van der Waals surface area contributed by atoms with E-state index in [1.807, 2.05) is 0 Å². The molecule has 1 aromatic heterocycles. The molecule has 0 unspecified atom stereocenters. The van der Waals surface area contributed by atoms with Crippen molar-refractivity contribution in [3.05, 3.63) is 29.3 Å². The molecule has 0 aromatic carbocycles. The maximum atomic E-state index is 12.7. The molecule has 0 saturated carbocycles. The number of nitriles is 1. The van der Waals surface area contributed by atoms with Gasteiger partial charge in [-0.1, -0.05) is 0 Å². The third kappa shape index (κ3) is 2.52. The molecule has 5 heteroatoms. The van der Waals surface area contributed by atoms with Crippen molar-refractivity contribution in [2.75, 3.05) is 0 Å². The number of carboxylic acid groups (broad SMARTS) is 1. The van der Waals surface area contributed by atoms with E-state index in [-0.39, 0.29) is 17.8 Å². The molecule has 1 N–H and O–H groups in total. The van der Waals surface area contributed by atoms with E-state index >= 15 is 0 Å². The molecule has 1 heterocycles. The molecule has 0 aliphatic heterocycles. The molecule has 0 radical (unpaired) electrons. The van der Waals surface area contributed by atoms with Crippen LogP contribution in [0.5, 0.6) is 0 Å². The zero-order chi connectivity index (χ0) is 9.84. The van der Waals surface area contributed by atoms with Crippen LogP contribution in [0.2, 0.25) is 0 Å². The summed E-state index contributed by atoms with van der Waals surface area (Å²) >= 11 is 0. The molecule has 13 heavy (non-hydrogen) atoms. The number of hydrogen-bond acceptors (Lipinski definition) is 3. The minimum atomic E-state index is -1.11. The van der Waals surface area contributed by atoms with Crippen LogP contribution in [0, 0.1) is 17.1 Å². The molecule has 0 atom stereocenters. The van der Waals surface area contributed by atoms with Crippen molar-refractivity contribution < 1.29 is 14.3 Å². The van der Waals surface area contributed by atoms with Crippen LogP contribution in [-0.4, -0.2) is 16.1 Å². The molecular weight excluding hydrogens is 175 g/mol. The summed E-state index contributed by atoms with van der Waals surface area (Å²) in [4.78, 5) is 13.8. The van der Waals surface area contributed by atoms with E-state index < -0.39 is 11.8 Å². The molecule has 0 saturated heterocycles. The Labute approximate surface area is 73.3 Å². The van der Waals surface area contributed by atoms with E-state index in [9.17, 15) is 9.18 Å². The summed E-state index contributed by atoms with van der Waals surface area (Å²) in [5.74, 6) is -1.76. The van der Waals surface area contributed by atoms with Crippen molar-refractivity contribution in [3.8, 4) is 6.07 Å². The first-order valence-corrected chi connectivity index (χ1v) is 3.40. The summed E-state index contributed by atoms with van der Waals surface area (Å²) < 4.78 is 12.7. The van der Waals surface area contributed by atoms with E-state index in [4.69, 9.17) is 10.4 Å². The smallest absolute Gasteiger partial charge is 0.309 e. The lowest BCUT2D eigenvalue weighted by atomic mass is 10.2. The predicted octanol–water partition coefficient (Wildman–Crippen LogP) is 0.719. The normalized spacial score (nSPS) is 9.23. The molecule has 0 amide bonds. The average Bonchev–Trinajstić information content (AvgIpc) is 2.01. The number of nitrogens with zero attached hydrogens (tertiary/aromatic N) is 2. The van der Waals surface area contributed by atoms with Gasteiger partial charge in [0.2, 0.25) is 0 Å². The van der Waals surface area contributed by atoms with E-state index in [0.717, 1.165) is 12.1 Å². The highest BCUT2D eigenvalue weighted by atomic mass is 19.1. The molecular formula is C8H5FN2O2. The first-order chi connectivity index (χ1) is 6.11. The van der Waals surface area contributed by atoms with Gasteiger partial charge in [0.15, 0.2) is 0 Å². The average molecular weight is 180 g/mol. The van der Waals surface area contributed by atoms with Crippen LogP contribution < -0.4 is 0 Å². The lowest BCUT2D eigenvalue weighted by Crippen LogP contribution is -2.03. The number of pyridine rings is 1. The second-order valence-corrected chi connectivity index (χ2v) is 2.34. The van der Waals surface area contributed by atoms with Gasteiger partial charge in [-0.3, -0.25) is 4.79 Å². The first kappa shape index (κ1) is 9.13. The number of aromatic nitrogens is 1. The van der Waals surface area contributed by atoms with Crippen molar-refractivity contribution in [1.82, 2.24) is 4.98 Å². The van der Waals surface area contributed by atoms with Gasteiger partial charge in [-0.05, 0) is 6.07 Å². The Kier molecular flexibility index (Phi) is 2.55. The van der Waals surface area contributed by atoms with Gasteiger partial charge in [-0.25, -0.2) is 9.37 Å². The molecule has 0 aliphatic carbocycles. The van der Waals surface area contributed by atoms with E-state index in [1.54, 1.807) is 6.07 Å². The summed E-state index contributed by atoms with van der Waals surface area (Å²) in [5, 5.41) is 16.8. The summed E-state index contributed by atoms with van der Waals surface area (Å²) in [6.07, 6.45) is -0.383. The third-order valence-electron chi connectivity index (χ3n) is 1.29. The summed E-state index contributed by atoms with van der Waals surface area (Å²) in [6, 6.07) is 3.58. The highest BCUT2D eigenvalue weighted by Crippen LogP contribution is 2.04. The van der Waals surface area contributed by atoms with Crippen LogP contribution in [0.25, 0.3) is 0 Å². The van der Waals surface area contributed by atoms with Crippen LogP contribution in [0.4, 0.5) is 4.39 Å². The minimum Gasteiger partial charge on any atom is -0.481 e. The highest BCUT2D eigenvalue weighted by molar-refractivity contribution is 5.69. The Morgan fingerprint density at radius 3 is 2.92 bits per heavy atom. The SMILES string of the molecule is N#Cc1cc(F)cc(CC(=O)O)n1. The molecule has 0 aliphatic rings. The number of carbonyl (C=O) groups is 1. The molecule has 0 spiro atoms. The predicted molar refractivity (Wildman–Crippen MR) is 40.2 cm³/mol. The number of aliphatic carboxylic acids is 1. The lowest BCUT2D eigenvalue weighted by Gasteiger charge is -1.96. The van der Waals surface area contributed by atoms with Crippen LogP contribution in [0.15, 0.2) is 12.1 Å². The van der Waals surface area contributed by atoms with Crippen molar-refractivity contribution in [1.29, 1.82) is 5.26 Å². The monoisotopic (exact) mass is 180 g/mol. The Bertz CT molecular complexity index is 384. The maximum absolute atomic E-state index is 12.7. The largest absolute Gasteiger partial charge is 0.481 e. The number of carboxylic acids is 1. The molecule has 1 rings (SSSR count). The fraction of sp³-hybridized carbons (Fsp3) is 0.125. The lowest BCUT2D eigenvalue weighted by molar-refractivity contribution is -0.136. The second kappa shape index (κ2) is 3.63. The molecule has 4 nitrogen and oxygen atoms in total. The molecule has 66 valence electrons. The number of rotatable bonds is 2. The van der Waals surface area contributed by atoms with Crippen LogP contribution in [0.3, 0.4) is 0 Å². The van der Waals surface area contributed by atoms with Gasteiger partial charge >= 0.3 is 5.97 Å². The van der Waals surface area contributed by atoms with Gasteiger partial charge < -0.3 is 5.11 Å². The number of hydrogen-bond donors (Lipinski definition) is 1. The Morgan fingerprint density at radius 1 is 1.69 bits per heavy atom. The zero-order valence-corrected chi connectivity index (χ0v) is 6.49. The minimum absolute atomic E-state index is 0.0454. The van der Waals surface area contributed by atoms with Gasteiger partial charge in [0.25, 0.3) is 0 Å².